The number of carbonyl (C=O) groups is 1. The van der Waals surface area contributed by atoms with Gasteiger partial charge in [-0.3, -0.25) is 4.68 Å². The van der Waals surface area contributed by atoms with Crippen LogP contribution in [0.2, 0.25) is 0 Å². The number of carbonyl (C=O) groups excluding carboxylic acids is 1. The van der Waals surface area contributed by atoms with E-state index < -0.39 is 24.8 Å². The summed E-state index contributed by atoms with van der Waals surface area (Å²) >= 11 is 0. The fourth-order valence-electron chi connectivity index (χ4n) is 3.50. The number of halogens is 3. The molecule has 0 fully saturated rings. The van der Waals surface area contributed by atoms with Crippen LogP contribution >= 0.6 is 0 Å². The fraction of sp³-hybridized carbons (Fsp3) is 0.261. The number of nitrogens with one attached hydrogen (secondary N) is 3. The topological polar surface area (TPSA) is 96.9 Å². The number of fused-ring (bicyclic) bond motifs is 1. The Balaban J connectivity index is 1.45. The van der Waals surface area contributed by atoms with Crippen LogP contribution < -0.4 is 15.4 Å². The lowest BCUT2D eigenvalue weighted by Crippen LogP contribution is -2.39. The molecule has 0 aliphatic carbocycles. The van der Waals surface area contributed by atoms with E-state index in [1.807, 2.05) is 48.5 Å². The van der Waals surface area contributed by atoms with Gasteiger partial charge >= 0.3 is 12.2 Å². The summed E-state index contributed by atoms with van der Waals surface area (Å²) in [4.78, 5) is 20.5. The predicted molar refractivity (Wildman–Crippen MR) is 119 cm³/mol. The first-order chi connectivity index (χ1) is 16.3. The second kappa shape index (κ2) is 9.86. The van der Waals surface area contributed by atoms with Gasteiger partial charge in [0.15, 0.2) is 0 Å². The van der Waals surface area contributed by atoms with Crippen LogP contribution in [0, 0.1) is 0 Å². The molecular formula is C23H23F3N6O2. The lowest BCUT2D eigenvalue weighted by atomic mass is 10.1. The fourth-order valence-corrected chi connectivity index (χ4v) is 3.50. The third-order valence-corrected chi connectivity index (χ3v) is 5.11. The molecule has 2 aromatic heterocycles. The number of aromatic nitrogens is 4. The van der Waals surface area contributed by atoms with Gasteiger partial charge in [-0.2, -0.15) is 18.3 Å². The molecule has 0 saturated heterocycles. The number of benzene rings is 2. The molecule has 3 N–H and O–H groups in total. The quantitative estimate of drug-likeness (QED) is 0.360. The van der Waals surface area contributed by atoms with Crippen molar-refractivity contribution in [3.8, 4) is 5.75 Å². The van der Waals surface area contributed by atoms with E-state index in [-0.39, 0.29) is 6.54 Å². The second-order valence-corrected chi connectivity index (χ2v) is 7.69. The Bertz CT molecular complexity index is 1220. The number of urea groups is 1. The maximum Gasteiger partial charge on any atom is 0.408 e. The summed E-state index contributed by atoms with van der Waals surface area (Å²) in [5, 5.41) is 9.38. The first-order valence-electron chi connectivity index (χ1n) is 10.5. The van der Waals surface area contributed by atoms with Crippen molar-refractivity contribution >= 4 is 17.1 Å². The minimum atomic E-state index is -4.37. The molecular weight excluding hydrogens is 449 g/mol. The number of alkyl halides is 3. The van der Waals surface area contributed by atoms with Gasteiger partial charge in [-0.1, -0.05) is 24.3 Å². The van der Waals surface area contributed by atoms with Crippen LogP contribution in [-0.2, 0) is 19.5 Å². The highest BCUT2D eigenvalue weighted by atomic mass is 19.4. The molecule has 2 heterocycles. The number of rotatable bonds is 8. The zero-order chi connectivity index (χ0) is 24.1. The highest BCUT2D eigenvalue weighted by molar-refractivity contribution is 5.76. The average Bonchev–Trinajstić information content (AvgIpc) is 3.43. The summed E-state index contributed by atoms with van der Waals surface area (Å²) in [6.45, 7) is -1.21. The zero-order valence-corrected chi connectivity index (χ0v) is 18.3. The van der Waals surface area contributed by atoms with Gasteiger partial charge in [-0.25, -0.2) is 9.78 Å². The first kappa shape index (κ1) is 23.1. The summed E-state index contributed by atoms with van der Waals surface area (Å²) in [6.07, 6.45) is -2.68. The molecule has 4 rings (SSSR count). The van der Waals surface area contributed by atoms with Crippen molar-refractivity contribution < 1.29 is 22.7 Å². The maximum absolute atomic E-state index is 12.6. The summed E-state index contributed by atoms with van der Waals surface area (Å²) in [7, 11) is 1.59. The number of hydrogen-bond acceptors (Lipinski definition) is 4. The highest BCUT2D eigenvalue weighted by Gasteiger charge is 2.28. The van der Waals surface area contributed by atoms with Gasteiger partial charge in [0, 0.05) is 6.20 Å². The summed E-state index contributed by atoms with van der Waals surface area (Å²) in [5.41, 5.74) is 2.89. The highest BCUT2D eigenvalue weighted by Crippen LogP contribution is 2.21. The molecule has 2 amide bonds. The Labute approximate surface area is 193 Å². The largest absolute Gasteiger partial charge is 0.497 e. The molecule has 178 valence electrons. The van der Waals surface area contributed by atoms with E-state index in [0.29, 0.717) is 17.9 Å². The normalized spacial score (nSPS) is 12.5. The monoisotopic (exact) mass is 472 g/mol. The molecule has 0 aliphatic heterocycles. The van der Waals surface area contributed by atoms with E-state index in [4.69, 9.17) is 4.74 Å². The lowest BCUT2D eigenvalue weighted by molar-refractivity contribution is -0.142. The lowest BCUT2D eigenvalue weighted by Gasteiger charge is -2.17. The number of imidazole rings is 1. The molecule has 0 spiro atoms. The van der Waals surface area contributed by atoms with Crippen LogP contribution in [0.5, 0.6) is 5.75 Å². The Hall–Kier alpha value is -4.02. The number of para-hydroxylation sites is 2. The summed E-state index contributed by atoms with van der Waals surface area (Å²) in [6, 6.07) is 15.5. The maximum atomic E-state index is 12.6. The number of amides is 2. The minimum absolute atomic E-state index is 0.0217. The van der Waals surface area contributed by atoms with Crippen LogP contribution in [0.1, 0.15) is 23.1 Å². The van der Waals surface area contributed by atoms with Crippen molar-refractivity contribution in [2.24, 2.45) is 0 Å². The van der Waals surface area contributed by atoms with E-state index in [2.05, 4.69) is 25.7 Å². The van der Waals surface area contributed by atoms with Crippen molar-refractivity contribution in [2.45, 2.75) is 31.7 Å². The van der Waals surface area contributed by atoms with Gasteiger partial charge in [0.25, 0.3) is 0 Å². The van der Waals surface area contributed by atoms with E-state index in [1.54, 1.807) is 7.11 Å². The van der Waals surface area contributed by atoms with E-state index in [9.17, 15) is 18.0 Å². The van der Waals surface area contributed by atoms with Crippen molar-refractivity contribution in [3.05, 3.63) is 77.9 Å². The molecule has 0 aliphatic rings. The van der Waals surface area contributed by atoms with Gasteiger partial charge in [-0.05, 0) is 42.3 Å². The minimum Gasteiger partial charge on any atom is -0.497 e. The van der Waals surface area contributed by atoms with Crippen LogP contribution in [0.3, 0.4) is 0 Å². The van der Waals surface area contributed by atoms with Gasteiger partial charge < -0.3 is 20.4 Å². The predicted octanol–water partition coefficient (Wildman–Crippen LogP) is 4.11. The summed E-state index contributed by atoms with van der Waals surface area (Å²) < 4.78 is 43.5. The van der Waals surface area contributed by atoms with E-state index in [0.717, 1.165) is 27.0 Å². The van der Waals surface area contributed by atoms with Gasteiger partial charge in [0.05, 0.1) is 36.4 Å². The van der Waals surface area contributed by atoms with Crippen LogP contribution in [0.4, 0.5) is 18.0 Å². The molecule has 4 aromatic rings. The van der Waals surface area contributed by atoms with Crippen molar-refractivity contribution in [3.63, 3.8) is 0 Å². The van der Waals surface area contributed by atoms with Crippen LogP contribution in [0.25, 0.3) is 11.0 Å². The van der Waals surface area contributed by atoms with Crippen molar-refractivity contribution in [1.29, 1.82) is 0 Å². The molecule has 11 heteroatoms. The molecule has 2 aromatic carbocycles. The molecule has 0 saturated carbocycles. The number of hydrogen-bond donors (Lipinski definition) is 3. The number of aromatic amines is 1. The van der Waals surface area contributed by atoms with Crippen LogP contribution in [-0.4, -0.2) is 39.1 Å². The second-order valence-electron chi connectivity index (χ2n) is 7.69. The number of nitrogens with zero attached hydrogens (tertiary/aromatic N) is 3. The molecule has 8 nitrogen and oxygen atoms in total. The zero-order valence-electron chi connectivity index (χ0n) is 18.3. The standard InChI is InChI=1S/C23H23F3N6O2/c1-34-17-8-6-15(7-9-17)12-20(21-28-18-4-2-3-5-19(18)29-21)30-22(33)27-13-16-10-11-32(31-16)14-23(24,25)26/h2-11,20H,12-14H2,1H3,(H,28,29)(H2,27,30,33)/t20-/m1/s1. The molecule has 1 atom stereocenters. The van der Waals surface area contributed by atoms with E-state index in [1.165, 1.54) is 12.3 Å². The van der Waals surface area contributed by atoms with Crippen LogP contribution in [0.15, 0.2) is 60.8 Å². The first-order valence-corrected chi connectivity index (χ1v) is 10.5. The Morgan fingerprint density at radius 3 is 2.62 bits per heavy atom. The number of ether oxygens (including phenoxy) is 1. The molecule has 0 radical (unpaired) electrons. The van der Waals surface area contributed by atoms with Gasteiger partial charge in [0.2, 0.25) is 0 Å². The summed E-state index contributed by atoms with van der Waals surface area (Å²) in [5.74, 6) is 1.31. The molecule has 0 unspecified atom stereocenters. The smallest absolute Gasteiger partial charge is 0.408 e. The number of methoxy groups -OCH3 is 1. The Morgan fingerprint density at radius 2 is 1.91 bits per heavy atom. The Kier molecular flexibility index (Phi) is 6.71. The van der Waals surface area contributed by atoms with Gasteiger partial charge in [-0.15, -0.1) is 0 Å². The van der Waals surface area contributed by atoms with E-state index >= 15 is 0 Å². The van der Waals surface area contributed by atoms with Gasteiger partial charge in [0.1, 0.15) is 18.1 Å². The van der Waals surface area contributed by atoms with Crippen molar-refractivity contribution in [1.82, 2.24) is 30.4 Å². The third kappa shape index (κ3) is 6.06. The number of H-pyrrole nitrogens is 1. The average molecular weight is 472 g/mol. The SMILES string of the molecule is COc1ccc(C[C@@H](NC(=O)NCc2ccn(CC(F)(F)F)n2)c2nc3ccccc3[nH]2)cc1. The molecule has 0 bridgehead atoms. The third-order valence-electron chi connectivity index (χ3n) is 5.11. The Morgan fingerprint density at radius 1 is 1.15 bits per heavy atom. The molecule has 34 heavy (non-hydrogen) atoms. The van der Waals surface area contributed by atoms with Crippen molar-refractivity contribution in [2.75, 3.05) is 7.11 Å².